The average Bonchev–Trinajstić information content (AvgIpc) is 3.35. The van der Waals surface area contributed by atoms with Gasteiger partial charge in [0.25, 0.3) is 0 Å². The predicted molar refractivity (Wildman–Crippen MR) is 91.6 cm³/mol. The molecule has 0 aliphatic heterocycles. The first kappa shape index (κ1) is 17.8. The number of carbonyl (C=O) groups excluding carboxylic acids is 1. The van der Waals surface area contributed by atoms with Gasteiger partial charge in [0.1, 0.15) is 18.1 Å². The van der Waals surface area contributed by atoms with Crippen molar-refractivity contribution in [3.05, 3.63) is 59.5 Å². The Kier molecular flexibility index (Phi) is 5.70. The molecule has 3 rings (SSSR count). The van der Waals surface area contributed by atoms with Crippen LogP contribution in [0.15, 0.2) is 51.6 Å². The molecule has 0 saturated heterocycles. The summed E-state index contributed by atoms with van der Waals surface area (Å²) in [6.07, 6.45) is 1.54. The fourth-order valence-electron chi connectivity index (χ4n) is 2.37. The lowest BCUT2D eigenvalue weighted by Gasteiger charge is -2.10. The highest BCUT2D eigenvalue weighted by Gasteiger charge is 2.14. The molecule has 0 radical (unpaired) electrons. The summed E-state index contributed by atoms with van der Waals surface area (Å²) in [6.45, 7) is 2.83. The van der Waals surface area contributed by atoms with E-state index in [4.69, 9.17) is 23.2 Å². The van der Waals surface area contributed by atoms with Crippen molar-refractivity contribution >= 4 is 5.97 Å². The van der Waals surface area contributed by atoms with Crippen LogP contribution in [0.5, 0.6) is 5.75 Å². The van der Waals surface area contributed by atoms with Crippen molar-refractivity contribution in [2.75, 3.05) is 13.7 Å². The number of methoxy groups -OCH3 is 1. The molecule has 0 aliphatic carbocycles. The van der Waals surface area contributed by atoms with Crippen molar-refractivity contribution < 1.29 is 27.9 Å². The summed E-state index contributed by atoms with van der Waals surface area (Å²) in [5.41, 5.74) is 1.69. The molecule has 26 heavy (non-hydrogen) atoms. The average molecular weight is 357 g/mol. The molecule has 0 aliphatic rings. The van der Waals surface area contributed by atoms with Crippen LogP contribution in [0, 0.1) is 0 Å². The van der Waals surface area contributed by atoms with E-state index in [1.165, 1.54) is 0 Å². The first-order chi connectivity index (χ1) is 12.7. The smallest absolute Gasteiger partial charge is 0.338 e. The van der Waals surface area contributed by atoms with Crippen LogP contribution in [0.3, 0.4) is 0 Å². The Bertz CT molecular complexity index is 853. The molecule has 7 heteroatoms. The van der Waals surface area contributed by atoms with Gasteiger partial charge in [-0.3, -0.25) is 0 Å². The third-order valence-corrected chi connectivity index (χ3v) is 3.65. The molecule has 0 bridgehead atoms. The second kappa shape index (κ2) is 8.35. The Morgan fingerprint density at radius 2 is 2.04 bits per heavy atom. The lowest BCUT2D eigenvalue weighted by atomic mass is 10.1. The Hall–Kier alpha value is -3.06. The monoisotopic (exact) mass is 357 g/mol. The molecule has 7 nitrogen and oxygen atoms in total. The summed E-state index contributed by atoms with van der Waals surface area (Å²) in [6, 6.07) is 10.2. The molecule has 0 N–H and O–H groups in total. The van der Waals surface area contributed by atoms with Crippen LogP contribution >= 0.6 is 0 Å². The van der Waals surface area contributed by atoms with Gasteiger partial charge in [0, 0.05) is 18.2 Å². The number of hydrogen-bond acceptors (Lipinski definition) is 7. The van der Waals surface area contributed by atoms with Crippen LogP contribution in [0.25, 0.3) is 11.5 Å². The molecular formula is C19H19NO6. The standard InChI is InChI=1S/C19H19NO6/c1-3-23-11-14-9-13(6-7-16(14)22-2)19(21)25-12-15-10-18(26-20-15)17-5-4-8-24-17/h4-10H,3,11-12H2,1-2H3. The zero-order chi connectivity index (χ0) is 18.4. The summed E-state index contributed by atoms with van der Waals surface area (Å²) in [5, 5.41) is 3.87. The van der Waals surface area contributed by atoms with Gasteiger partial charge in [0.2, 0.25) is 5.76 Å². The molecule has 0 atom stereocenters. The minimum Gasteiger partial charge on any atom is -0.496 e. The summed E-state index contributed by atoms with van der Waals surface area (Å²) in [7, 11) is 1.57. The highest BCUT2D eigenvalue weighted by atomic mass is 16.5. The number of esters is 1. The largest absolute Gasteiger partial charge is 0.496 e. The van der Waals surface area contributed by atoms with E-state index in [-0.39, 0.29) is 6.61 Å². The van der Waals surface area contributed by atoms with Gasteiger partial charge in [-0.2, -0.15) is 0 Å². The lowest BCUT2D eigenvalue weighted by molar-refractivity contribution is 0.0464. The summed E-state index contributed by atoms with van der Waals surface area (Å²) in [4.78, 5) is 12.3. The van der Waals surface area contributed by atoms with E-state index in [1.807, 2.05) is 6.92 Å². The second-order valence-corrected chi connectivity index (χ2v) is 5.40. The lowest BCUT2D eigenvalue weighted by Crippen LogP contribution is -2.07. The molecule has 0 unspecified atom stereocenters. The normalized spacial score (nSPS) is 10.7. The first-order valence-corrected chi connectivity index (χ1v) is 8.12. The van der Waals surface area contributed by atoms with Crippen LogP contribution in [0.2, 0.25) is 0 Å². The maximum absolute atomic E-state index is 12.3. The maximum Gasteiger partial charge on any atom is 0.338 e. The molecule has 0 fully saturated rings. The molecule has 2 aromatic heterocycles. The number of furan rings is 1. The number of ether oxygens (including phenoxy) is 3. The van der Waals surface area contributed by atoms with E-state index in [0.29, 0.717) is 41.7 Å². The fourth-order valence-corrected chi connectivity index (χ4v) is 2.37. The van der Waals surface area contributed by atoms with Gasteiger partial charge in [-0.25, -0.2) is 4.79 Å². The van der Waals surface area contributed by atoms with Gasteiger partial charge in [0.15, 0.2) is 5.76 Å². The van der Waals surface area contributed by atoms with Crippen molar-refractivity contribution in [2.45, 2.75) is 20.1 Å². The molecule has 0 spiro atoms. The molecule has 3 aromatic rings. The quantitative estimate of drug-likeness (QED) is 0.566. The van der Waals surface area contributed by atoms with Crippen LogP contribution in [0.1, 0.15) is 28.5 Å². The van der Waals surface area contributed by atoms with Crippen molar-refractivity contribution in [3.63, 3.8) is 0 Å². The van der Waals surface area contributed by atoms with Crippen molar-refractivity contribution in [3.8, 4) is 17.3 Å². The van der Waals surface area contributed by atoms with E-state index in [1.54, 1.807) is 49.8 Å². The number of nitrogens with zero attached hydrogens (tertiary/aromatic N) is 1. The van der Waals surface area contributed by atoms with Gasteiger partial charge in [0.05, 0.1) is 25.5 Å². The highest BCUT2D eigenvalue weighted by Crippen LogP contribution is 2.23. The highest BCUT2D eigenvalue weighted by molar-refractivity contribution is 5.89. The Balaban J connectivity index is 1.64. The van der Waals surface area contributed by atoms with Gasteiger partial charge < -0.3 is 23.2 Å². The predicted octanol–water partition coefficient (Wildman–Crippen LogP) is 3.84. The Morgan fingerprint density at radius 1 is 1.15 bits per heavy atom. The third kappa shape index (κ3) is 4.12. The Labute approximate surface area is 150 Å². The number of rotatable bonds is 8. The van der Waals surface area contributed by atoms with E-state index < -0.39 is 5.97 Å². The van der Waals surface area contributed by atoms with E-state index in [0.717, 1.165) is 5.56 Å². The minimum absolute atomic E-state index is 0.00410. The van der Waals surface area contributed by atoms with Gasteiger partial charge in [-0.15, -0.1) is 0 Å². The van der Waals surface area contributed by atoms with Crippen molar-refractivity contribution in [2.24, 2.45) is 0 Å². The molecular weight excluding hydrogens is 338 g/mol. The van der Waals surface area contributed by atoms with E-state index >= 15 is 0 Å². The topological polar surface area (TPSA) is 83.9 Å². The number of carbonyl (C=O) groups is 1. The van der Waals surface area contributed by atoms with Gasteiger partial charge in [-0.05, 0) is 37.3 Å². The second-order valence-electron chi connectivity index (χ2n) is 5.40. The van der Waals surface area contributed by atoms with Crippen LogP contribution in [-0.2, 0) is 22.7 Å². The van der Waals surface area contributed by atoms with Crippen LogP contribution < -0.4 is 4.74 Å². The maximum atomic E-state index is 12.3. The third-order valence-electron chi connectivity index (χ3n) is 3.65. The summed E-state index contributed by atoms with van der Waals surface area (Å²) < 4.78 is 26.4. The zero-order valence-corrected chi connectivity index (χ0v) is 14.6. The van der Waals surface area contributed by atoms with E-state index in [2.05, 4.69) is 5.16 Å². The van der Waals surface area contributed by atoms with Gasteiger partial charge in [-0.1, -0.05) is 5.16 Å². The fraction of sp³-hybridized carbons (Fsp3) is 0.263. The molecule has 136 valence electrons. The van der Waals surface area contributed by atoms with Crippen LogP contribution in [0.4, 0.5) is 0 Å². The Morgan fingerprint density at radius 3 is 2.77 bits per heavy atom. The number of hydrogen-bond donors (Lipinski definition) is 0. The molecule has 0 amide bonds. The summed E-state index contributed by atoms with van der Waals surface area (Å²) in [5.74, 6) is 1.23. The van der Waals surface area contributed by atoms with Crippen molar-refractivity contribution in [1.29, 1.82) is 0 Å². The SMILES string of the molecule is CCOCc1cc(C(=O)OCc2cc(-c3ccco3)on2)ccc1OC. The van der Waals surface area contributed by atoms with Crippen molar-refractivity contribution in [1.82, 2.24) is 5.16 Å². The zero-order valence-electron chi connectivity index (χ0n) is 14.6. The number of aromatic nitrogens is 1. The minimum atomic E-state index is -0.465. The molecule has 1 aromatic carbocycles. The molecule has 0 saturated carbocycles. The van der Waals surface area contributed by atoms with E-state index in [9.17, 15) is 4.79 Å². The van der Waals surface area contributed by atoms with Gasteiger partial charge >= 0.3 is 5.97 Å². The van der Waals surface area contributed by atoms with Crippen LogP contribution in [-0.4, -0.2) is 24.8 Å². The first-order valence-electron chi connectivity index (χ1n) is 8.12. The number of benzene rings is 1. The summed E-state index contributed by atoms with van der Waals surface area (Å²) >= 11 is 0. The molecule has 2 heterocycles.